The summed E-state index contributed by atoms with van der Waals surface area (Å²) in [6, 6.07) is 1.60. The molecule has 0 amide bonds. The fourth-order valence-corrected chi connectivity index (χ4v) is 3.47. The summed E-state index contributed by atoms with van der Waals surface area (Å²) in [7, 11) is 0. The maximum Gasteiger partial charge on any atom is 0.0464 e. The Labute approximate surface area is 99.2 Å². The fraction of sp³-hybridized carbons (Fsp3) is 1.00. The number of piperidine rings is 1. The zero-order valence-electron chi connectivity index (χ0n) is 9.92. The summed E-state index contributed by atoms with van der Waals surface area (Å²) in [5, 5.41) is 0.407. The molecule has 0 aromatic rings. The van der Waals surface area contributed by atoms with E-state index < -0.39 is 0 Å². The molecule has 2 unspecified atom stereocenters. The van der Waals surface area contributed by atoms with E-state index in [9.17, 15) is 0 Å². The van der Waals surface area contributed by atoms with Crippen LogP contribution in [0.3, 0.4) is 0 Å². The SMILES string of the molecule is CC1CCC(Cl)CN1C1CCCCCC1. The van der Waals surface area contributed by atoms with Crippen LogP contribution in [0.25, 0.3) is 0 Å². The zero-order chi connectivity index (χ0) is 10.7. The van der Waals surface area contributed by atoms with Crippen molar-refractivity contribution in [2.45, 2.75) is 75.8 Å². The molecule has 2 heteroatoms. The largest absolute Gasteiger partial charge is 0.296 e. The Morgan fingerprint density at radius 3 is 2.27 bits per heavy atom. The van der Waals surface area contributed by atoms with E-state index >= 15 is 0 Å². The molecular formula is C13H24ClN. The number of nitrogens with zero attached hydrogens (tertiary/aromatic N) is 1. The van der Waals surface area contributed by atoms with Crippen LogP contribution in [-0.4, -0.2) is 28.9 Å². The molecule has 0 N–H and O–H groups in total. The second-order valence-corrected chi connectivity index (χ2v) is 5.98. The molecule has 1 heterocycles. The van der Waals surface area contributed by atoms with Crippen LogP contribution in [0, 0.1) is 0 Å². The quantitative estimate of drug-likeness (QED) is 0.488. The number of hydrogen-bond donors (Lipinski definition) is 0. The third kappa shape index (κ3) is 3.10. The molecular weight excluding hydrogens is 206 g/mol. The number of hydrogen-bond acceptors (Lipinski definition) is 1. The van der Waals surface area contributed by atoms with Gasteiger partial charge in [0.05, 0.1) is 0 Å². The topological polar surface area (TPSA) is 3.24 Å². The van der Waals surface area contributed by atoms with Crippen LogP contribution in [-0.2, 0) is 0 Å². The molecule has 0 aromatic carbocycles. The van der Waals surface area contributed by atoms with Gasteiger partial charge in [0.2, 0.25) is 0 Å². The lowest BCUT2D eigenvalue weighted by atomic mass is 9.97. The average Bonchev–Trinajstić information content (AvgIpc) is 2.50. The Kier molecular flexibility index (Phi) is 4.33. The van der Waals surface area contributed by atoms with Crippen LogP contribution >= 0.6 is 11.6 Å². The van der Waals surface area contributed by atoms with Gasteiger partial charge in [0.1, 0.15) is 0 Å². The molecule has 0 aromatic heterocycles. The van der Waals surface area contributed by atoms with Crippen molar-refractivity contribution in [2.24, 2.45) is 0 Å². The highest BCUT2D eigenvalue weighted by atomic mass is 35.5. The van der Waals surface area contributed by atoms with Gasteiger partial charge in [-0.3, -0.25) is 4.90 Å². The van der Waals surface area contributed by atoms with E-state index in [0.717, 1.165) is 18.6 Å². The third-order valence-corrected chi connectivity index (χ3v) is 4.52. The Balaban J connectivity index is 1.93. The van der Waals surface area contributed by atoms with E-state index in [4.69, 9.17) is 11.6 Å². The van der Waals surface area contributed by atoms with Gasteiger partial charge in [0.15, 0.2) is 0 Å². The van der Waals surface area contributed by atoms with Gasteiger partial charge in [-0.05, 0) is 32.6 Å². The molecule has 1 nitrogen and oxygen atoms in total. The van der Waals surface area contributed by atoms with Gasteiger partial charge in [0, 0.05) is 24.0 Å². The first-order valence-electron chi connectivity index (χ1n) is 6.67. The molecule has 1 saturated carbocycles. The molecule has 2 aliphatic rings. The van der Waals surface area contributed by atoms with Gasteiger partial charge in [0.25, 0.3) is 0 Å². The van der Waals surface area contributed by atoms with Crippen molar-refractivity contribution >= 4 is 11.6 Å². The predicted octanol–water partition coefficient (Wildman–Crippen LogP) is 3.80. The van der Waals surface area contributed by atoms with E-state index in [1.165, 1.54) is 51.4 Å². The summed E-state index contributed by atoms with van der Waals surface area (Å²) in [6.45, 7) is 3.51. The van der Waals surface area contributed by atoms with Gasteiger partial charge in [-0.25, -0.2) is 0 Å². The highest BCUT2D eigenvalue weighted by Gasteiger charge is 2.29. The summed E-state index contributed by atoms with van der Waals surface area (Å²) in [5.74, 6) is 0. The highest BCUT2D eigenvalue weighted by Crippen LogP contribution is 2.29. The normalized spacial score (nSPS) is 36.4. The van der Waals surface area contributed by atoms with Crippen molar-refractivity contribution in [3.8, 4) is 0 Å². The fourth-order valence-electron chi connectivity index (χ4n) is 3.19. The molecule has 1 saturated heterocycles. The van der Waals surface area contributed by atoms with E-state index in [1.807, 2.05) is 0 Å². The molecule has 1 aliphatic carbocycles. The molecule has 1 aliphatic heterocycles. The van der Waals surface area contributed by atoms with Crippen LogP contribution in [0.5, 0.6) is 0 Å². The van der Waals surface area contributed by atoms with Crippen molar-refractivity contribution in [3.63, 3.8) is 0 Å². The van der Waals surface area contributed by atoms with Crippen LogP contribution in [0.4, 0.5) is 0 Å². The summed E-state index contributed by atoms with van der Waals surface area (Å²) in [5.41, 5.74) is 0. The monoisotopic (exact) mass is 229 g/mol. The number of alkyl halides is 1. The predicted molar refractivity (Wildman–Crippen MR) is 66.5 cm³/mol. The van der Waals surface area contributed by atoms with Crippen molar-refractivity contribution in [3.05, 3.63) is 0 Å². The molecule has 2 atom stereocenters. The summed E-state index contributed by atoms with van der Waals surface area (Å²) in [6.07, 6.45) is 11.1. The van der Waals surface area contributed by atoms with Gasteiger partial charge in [-0.2, -0.15) is 0 Å². The standard InChI is InChI=1S/C13H24ClN/c1-11-8-9-12(14)10-15(11)13-6-4-2-3-5-7-13/h11-13H,2-10H2,1H3. The van der Waals surface area contributed by atoms with E-state index in [2.05, 4.69) is 11.8 Å². The van der Waals surface area contributed by atoms with E-state index in [1.54, 1.807) is 0 Å². The molecule has 88 valence electrons. The van der Waals surface area contributed by atoms with Crippen LogP contribution < -0.4 is 0 Å². The summed E-state index contributed by atoms with van der Waals surface area (Å²) < 4.78 is 0. The van der Waals surface area contributed by atoms with E-state index in [0.29, 0.717) is 5.38 Å². The first kappa shape index (κ1) is 11.7. The minimum atomic E-state index is 0.407. The Bertz CT molecular complexity index is 187. The molecule has 2 rings (SSSR count). The van der Waals surface area contributed by atoms with Crippen molar-refractivity contribution in [1.29, 1.82) is 0 Å². The molecule has 15 heavy (non-hydrogen) atoms. The Morgan fingerprint density at radius 1 is 0.933 bits per heavy atom. The highest BCUT2D eigenvalue weighted by molar-refractivity contribution is 6.20. The van der Waals surface area contributed by atoms with Gasteiger partial charge < -0.3 is 0 Å². The van der Waals surface area contributed by atoms with Crippen LogP contribution in [0.2, 0.25) is 0 Å². The maximum atomic E-state index is 6.30. The van der Waals surface area contributed by atoms with Crippen LogP contribution in [0.1, 0.15) is 58.3 Å². The number of rotatable bonds is 1. The molecule has 2 fully saturated rings. The van der Waals surface area contributed by atoms with Crippen molar-refractivity contribution in [2.75, 3.05) is 6.54 Å². The smallest absolute Gasteiger partial charge is 0.0464 e. The maximum absolute atomic E-state index is 6.30. The second-order valence-electron chi connectivity index (χ2n) is 5.37. The third-order valence-electron chi connectivity index (χ3n) is 4.17. The second kappa shape index (κ2) is 5.54. The van der Waals surface area contributed by atoms with Crippen molar-refractivity contribution < 1.29 is 0 Å². The van der Waals surface area contributed by atoms with Crippen molar-refractivity contribution in [1.82, 2.24) is 4.90 Å². The van der Waals surface area contributed by atoms with Gasteiger partial charge in [-0.1, -0.05) is 25.7 Å². The lowest BCUT2D eigenvalue weighted by Crippen LogP contribution is -2.48. The number of halogens is 1. The zero-order valence-corrected chi connectivity index (χ0v) is 10.7. The minimum Gasteiger partial charge on any atom is -0.296 e. The first-order chi connectivity index (χ1) is 7.27. The van der Waals surface area contributed by atoms with Gasteiger partial charge in [-0.15, -0.1) is 11.6 Å². The molecule has 0 bridgehead atoms. The lowest BCUT2D eigenvalue weighted by molar-refractivity contribution is 0.0975. The Hall–Kier alpha value is 0.250. The first-order valence-corrected chi connectivity index (χ1v) is 7.11. The average molecular weight is 230 g/mol. The molecule has 0 spiro atoms. The summed E-state index contributed by atoms with van der Waals surface area (Å²) >= 11 is 6.30. The molecule has 0 radical (unpaired) electrons. The Morgan fingerprint density at radius 2 is 1.60 bits per heavy atom. The number of likely N-dealkylation sites (tertiary alicyclic amines) is 1. The van der Waals surface area contributed by atoms with Gasteiger partial charge >= 0.3 is 0 Å². The van der Waals surface area contributed by atoms with Crippen LogP contribution in [0.15, 0.2) is 0 Å². The lowest BCUT2D eigenvalue weighted by Gasteiger charge is -2.41. The minimum absolute atomic E-state index is 0.407. The van der Waals surface area contributed by atoms with E-state index in [-0.39, 0.29) is 0 Å². The summed E-state index contributed by atoms with van der Waals surface area (Å²) in [4.78, 5) is 2.70.